The monoisotopic (exact) mass is 232 g/mol. The second-order valence-electron chi connectivity index (χ2n) is 2.59. The molecule has 0 fully saturated rings. The highest BCUT2D eigenvalue weighted by Crippen LogP contribution is 2.27. The first-order valence-corrected chi connectivity index (χ1v) is 4.89. The van der Waals surface area contributed by atoms with Crippen LogP contribution in [0.15, 0.2) is 18.2 Å². The molecule has 2 N–H and O–H groups in total. The summed E-state index contributed by atoms with van der Waals surface area (Å²) in [7, 11) is -2.74. The van der Waals surface area contributed by atoms with E-state index in [1.165, 1.54) is 6.07 Å². The summed E-state index contributed by atoms with van der Waals surface area (Å²) in [6.07, 6.45) is 0. The number of phenols is 1. The molecular weight excluding hydrogens is 225 g/mol. The van der Waals surface area contributed by atoms with Gasteiger partial charge in [-0.05, 0) is 11.6 Å². The standard InChI is InChI=1S/C7H6NO6P/c9-7-2-1-5(4-14-15(12)13)3-6(7)8(10)11/h1-3H,4H2,(H-,9,12,13)/p+1. The topological polar surface area (TPSA) is 110 Å². The molecule has 0 aliphatic heterocycles. The van der Waals surface area contributed by atoms with Gasteiger partial charge >= 0.3 is 13.9 Å². The van der Waals surface area contributed by atoms with Gasteiger partial charge in [-0.2, -0.15) is 0 Å². The molecule has 0 heterocycles. The number of hydrogen-bond donors (Lipinski definition) is 2. The third kappa shape index (κ3) is 3.25. The van der Waals surface area contributed by atoms with Crippen LogP contribution in [0.2, 0.25) is 0 Å². The van der Waals surface area contributed by atoms with E-state index in [2.05, 4.69) is 4.52 Å². The van der Waals surface area contributed by atoms with Crippen LogP contribution in [-0.2, 0) is 15.7 Å². The lowest BCUT2D eigenvalue weighted by Gasteiger charge is -1.98. The van der Waals surface area contributed by atoms with Gasteiger partial charge in [-0.15, -0.1) is 9.42 Å². The summed E-state index contributed by atoms with van der Waals surface area (Å²) < 4.78 is 14.6. The van der Waals surface area contributed by atoms with Crippen molar-refractivity contribution in [3.63, 3.8) is 0 Å². The minimum Gasteiger partial charge on any atom is -0.502 e. The van der Waals surface area contributed by atoms with E-state index in [-0.39, 0.29) is 6.61 Å². The molecule has 80 valence electrons. The molecule has 1 unspecified atom stereocenters. The van der Waals surface area contributed by atoms with E-state index in [9.17, 15) is 14.7 Å². The quantitative estimate of drug-likeness (QED) is 0.462. The highest BCUT2D eigenvalue weighted by molar-refractivity contribution is 7.32. The van der Waals surface area contributed by atoms with Gasteiger partial charge in [0.1, 0.15) is 6.61 Å². The van der Waals surface area contributed by atoms with Gasteiger partial charge in [0, 0.05) is 10.6 Å². The molecule has 7 nitrogen and oxygen atoms in total. The summed E-state index contributed by atoms with van der Waals surface area (Å²) in [4.78, 5) is 18.0. The Balaban J connectivity index is 2.87. The first kappa shape index (κ1) is 11.5. The Hall–Kier alpha value is -1.56. The second-order valence-corrected chi connectivity index (χ2v) is 3.33. The Morgan fingerprint density at radius 1 is 1.53 bits per heavy atom. The Labute approximate surface area is 85.0 Å². The van der Waals surface area contributed by atoms with Gasteiger partial charge in [-0.25, -0.2) is 0 Å². The van der Waals surface area contributed by atoms with Crippen LogP contribution < -0.4 is 0 Å². The number of rotatable bonds is 4. The molecule has 15 heavy (non-hydrogen) atoms. The predicted molar refractivity (Wildman–Crippen MR) is 49.4 cm³/mol. The molecule has 0 saturated carbocycles. The Kier molecular flexibility index (Phi) is 3.68. The van der Waals surface area contributed by atoms with Crippen LogP contribution in [0.3, 0.4) is 0 Å². The predicted octanol–water partition coefficient (Wildman–Crippen LogP) is 1.47. The van der Waals surface area contributed by atoms with Crippen molar-refractivity contribution in [3.05, 3.63) is 33.9 Å². The highest BCUT2D eigenvalue weighted by atomic mass is 31.1. The maximum atomic E-state index is 10.4. The number of phenolic OH excluding ortho intramolecular Hbond substituents is 1. The fourth-order valence-corrected chi connectivity index (χ4v) is 1.19. The molecule has 0 bridgehead atoms. The number of nitro benzene ring substituents is 1. The lowest BCUT2D eigenvalue weighted by Crippen LogP contribution is -1.92. The molecule has 8 heteroatoms. The normalized spacial score (nSPS) is 11.1. The van der Waals surface area contributed by atoms with Gasteiger partial charge in [0.2, 0.25) is 0 Å². The molecule has 1 rings (SSSR count). The summed E-state index contributed by atoms with van der Waals surface area (Å²) >= 11 is 0. The van der Waals surface area contributed by atoms with Crippen LogP contribution in [0.4, 0.5) is 5.69 Å². The molecule has 0 spiro atoms. The minimum absolute atomic E-state index is 0.229. The Morgan fingerprint density at radius 2 is 2.20 bits per heavy atom. The van der Waals surface area contributed by atoms with E-state index in [4.69, 9.17) is 10.00 Å². The van der Waals surface area contributed by atoms with Gasteiger partial charge < -0.3 is 5.11 Å². The number of benzene rings is 1. The van der Waals surface area contributed by atoms with Crippen molar-refractivity contribution in [1.82, 2.24) is 0 Å². The average molecular weight is 232 g/mol. The molecular formula is C7H7NO6P+. The summed E-state index contributed by atoms with van der Waals surface area (Å²) in [6, 6.07) is 3.57. The molecule has 0 saturated heterocycles. The van der Waals surface area contributed by atoms with Gasteiger partial charge in [0.25, 0.3) is 0 Å². The van der Waals surface area contributed by atoms with Crippen molar-refractivity contribution >= 4 is 13.9 Å². The second kappa shape index (κ2) is 4.79. The van der Waals surface area contributed by atoms with E-state index in [0.29, 0.717) is 5.56 Å². The highest BCUT2D eigenvalue weighted by Gasteiger charge is 2.17. The maximum absolute atomic E-state index is 10.4. The first-order chi connectivity index (χ1) is 7.00. The van der Waals surface area contributed by atoms with Crippen molar-refractivity contribution in [1.29, 1.82) is 0 Å². The molecule has 0 aliphatic carbocycles. The lowest BCUT2D eigenvalue weighted by atomic mass is 10.2. The van der Waals surface area contributed by atoms with Crippen molar-refractivity contribution in [2.45, 2.75) is 6.61 Å². The molecule has 0 amide bonds. The average Bonchev–Trinajstić information content (AvgIpc) is 2.16. The van der Waals surface area contributed by atoms with Crippen LogP contribution in [0.1, 0.15) is 5.56 Å². The van der Waals surface area contributed by atoms with Crippen LogP contribution in [-0.4, -0.2) is 14.9 Å². The van der Waals surface area contributed by atoms with Gasteiger partial charge in [-0.3, -0.25) is 10.1 Å². The van der Waals surface area contributed by atoms with Crippen molar-refractivity contribution < 1.29 is 24.0 Å². The Morgan fingerprint density at radius 3 is 2.73 bits per heavy atom. The van der Waals surface area contributed by atoms with E-state index in [1.54, 1.807) is 0 Å². The molecule has 1 atom stereocenters. The zero-order valence-electron chi connectivity index (χ0n) is 7.36. The number of nitrogens with zero attached hydrogens (tertiary/aromatic N) is 1. The summed E-state index contributed by atoms with van der Waals surface area (Å²) in [5, 5.41) is 19.5. The van der Waals surface area contributed by atoms with Crippen molar-refractivity contribution in [2.24, 2.45) is 0 Å². The van der Waals surface area contributed by atoms with Crippen LogP contribution in [0, 0.1) is 10.1 Å². The number of nitro groups is 1. The van der Waals surface area contributed by atoms with Gasteiger partial charge in [0.15, 0.2) is 5.75 Å². The minimum atomic E-state index is -2.74. The van der Waals surface area contributed by atoms with Crippen molar-refractivity contribution in [2.75, 3.05) is 0 Å². The molecule has 0 aliphatic rings. The summed E-state index contributed by atoms with van der Waals surface area (Å²) in [6.45, 7) is -0.229. The molecule has 1 aromatic carbocycles. The zero-order chi connectivity index (χ0) is 11.4. The first-order valence-electron chi connectivity index (χ1n) is 3.76. The zero-order valence-corrected chi connectivity index (χ0v) is 8.26. The van der Waals surface area contributed by atoms with E-state index >= 15 is 0 Å². The van der Waals surface area contributed by atoms with Crippen LogP contribution in [0.25, 0.3) is 0 Å². The van der Waals surface area contributed by atoms with Gasteiger partial charge in [0.05, 0.1) is 4.92 Å². The van der Waals surface area contributed by atoms with Gasteiger partial charge in [-0.1, -0.05) is 6.07 Å². The van der Waals surface area contributed by atoms with Crippen LogP contribution >= 0.6 is 8.25 Å². The third-order valence-corrected chi connectivity index (χ3v) is 1.93. The number of hydrogen-bond acceptors (Lipinski definition) is 5. The largest absolute Gasteiger partial charge is 0.695 e. The fourth-order valence-electron chi connectivity index (χ4n) is 0.935. The smallest absolute Gasteiger partial charge is 0.502 e. The molecule has 0 radical (unpaired) electrons. The molecule has 0 aromatic heterocycles. The Bertz CT molecular complexity index is 406. The van der Waals surface area contributed by atoms with E-state index in [0.717, 1.165) is 12.1 Å². The van der Waals surface area contributed by atoms with E-state index < -0.39 is 24.6 Å². The SMILES string of the molecule is O=[N+]([O-])c1cc(CO[P+](=O)O)ccc1O. The third-order valence-electron chi connectivity index (χ3n) is 1.58. The number of aromatic hydroxyl groups is 1. The van der Waals surface area contributed by atoms with E-state index in [1.807, 2.05) is 0 Å². The maximum Gasteiger partial charge on any atom is 0.695 e. The summed E-state index contributed by atoms with van der Waals surface area (Å²) in [5.41, 5.74) is -0.138. The van der Waals surface area contributed by atoms with Crippen LogP contribution in [0.5, 0.6) is 5.75 Å². The molecule has 1 aromatic rings. The summed E-state index contributed by atoms with van der Waals surface area (Å²) in [5.74, 6) is -0.461. The lowest BCUT2D eigenvalue weighted by molar-refractivity contribution is -0.385. The fraction of sp³-hybridized carbons (Fsp3) is 0.143. The van der Waals surface area contributed by atoms with Crippen molar-refractivity contribution in [3.8, 4) is 5.75 Å².